The molecule has 1 atom stereocenters. The Hall–Kier alpha value is -0.380. The maximum Gasteiger partial charge on any atom is 0.0794 e. The molecule has 2 rings (SSSR count). The molecular formula is C13H13BrClNS. The first-order chi connectivity index (χ1) is 8.29. The average molecular weight is 331 g/mol. The van der Waals surface area contributed by atoms with E-state index in [1.54, 1.807) is 11.3 Å². The van der Waals surface area contributed by atoms with Crippen LogP contribution < -0.4 is 0 Å². The minimum absolute atomic E-state index is 0.468. The fraction of sp³-hybridized carbons (Fsp3) is 0.308. The summed E-state index contributed by atoms with van der Waals surface area (Å²) in [6.07, 6.45) is 3.95. The lowest BCUT2D eigenvalue weighted by molar-refractivity contribution is 0.587. The summed E-state index contributed by atoms with van der Waals surface area (Å²) >= 11 is 11.3. The molecule has 1 unspecified atom stereocenters. The van der Waals surface area contributed by atoms with E-state index in [0.29, 0.717) is 11.8 Å². The fourth-order valence-electron chi connectivity index (χ4n) is 1.78. The van der Waals surface area contributed by atoms with E-state index in [1.165, 1.54) is 14.9 Å². The van der Waals surface area contributed by atoms with Crippen molar-refractivity contribution < 1.29 is 0 Å². The minimum Gasteiger partial charge on any atom is -0.253 e. The number of halogens is 2. The SMILES string of the molecule is ClCC(Cc1cncs1)Cc1ccccc1Br. The summed E-state index contributed by atoms with van der Waals surface area (Å²) < 4.78 is 1.17. The zero-order chi connectivity index (χ0) is 12.1. The molecule has 0 saturated heterocycles. The van der Waals surface area contributed by atoms with Gasteiger partial charge >= 0.3 is 0 Å². The summed E-state index contributed by atoms with van der Waals surface area (Å²) in [6, 6.07) is 8.33. The van der Waals surface area contributed by atoms with Gasteiger partial charge in [0.05, 0.1) is 5.51 Å². The molecule has 0 amide bonds. The van der Waals surface area contributed by atoms with Gasteiger partial charge in [0, 0.05) is 21.4 Å². The van der Waals surface area contributed by atoms with E-state index in [2.05, 4.69) is 39.1 Å². The lowest BCUT2D eigenvalue weighted by Crippen LogP contribution is -2.09. The van der Waals surface area contributed by atoms with Crippen LogP contribution in [0.5, 0.6) is 0 Å². The van der Waals surface area contributed by atoms with Gasteiger partial charge in [0.15, 0.2) is 0 Å². The predicted molar refractivity (Wildman–Crippen MR) is 77.9 cm³/mol. The van der Waals surface area contributed by atoms with Crippen LogP contribution in [0.15, 0.2) is 40.4 Å². The Kier molecular flexibility index (Phi) is 5.01. The summed E-state index contributed by atoms with van der Waals surface area (Å²) in [5.74, 6) is 1.15. The summed E-state index contributed by atoms with van der Waals surface area (Å²) in [6.45, 7) is 0. The number of hydrogen-bond acceptors (Lipinski definition) is 2. The molecule has 1 heterocycles. The first-order valence-electron chi connectivity index (χ1n) is 5.46. The largest absolute Gasteiger partial charge is 0.253 e. The van der Waals surface area contributed by atoms with Crippen molar-refractivity contribution in [3.05, 3.63) is 50.9 Å². The molecule has 0 fully saturated rings. The van der Waals surface area contributed by atoms with E-state index in [1.807, 2.05) is 17.8 Å². The van der Waals surface area contributed by atoms with Crippen molar-refractivity contribution >= 4 is 38.9 Å². The number of rotatable bonds is 5. The average Bonchev–Trinajstić information content (AvgIpc) is 2.84. The van der Waals surface area contributed by atoms with Crippen molar-refractivity contribution in [3.8, 4) is 0 Å². The molecule has 0 N–H and O–H groups in total. The van der Waals surface area contributed by atoms with Gasteiger partial charge in [-0.25, -0.2) is 0 Å². The van der Waals surface area contributed by atoms with Gasteiger partial charge in [-0.2, -0.15) is 0 Å². The van der Waals surface area contributed by atoms with E-state index >= 15 is 0 Å². The Morgan fingerprint density at radius 1 is 1.29 bits per heavy atom. The summed E-state index contributed by atoms with van der Waals surface area (Å²) in [5, 5.41) is 0. The standard InChI is InChI=1S/C13H13BrClNS/c14-13-4-2-1-3-11(13)5-10(7-15)6-12-8-16-9-17-12/h1-4,8-10H,5-7H2. The monoisotopic (exact) mass is 329 g/mol. The molecule has 2 aromatic rings. The molecule has 0 aliphatic rings. The highest BCUT2D eigenvalue weighted by Crippen LogP contribution is 2.23. The molecule has 0 radical (unpaired) electrons. The van der Waals surface area contributed by atoms with Crippen LogP contribution in [0.2, 0.25) is 0 Å². The number of benzene rings is 1. The zero-order valence-electron chi connectivity index (χ0n) is 9.27. The van der Waals surface area contributed by atoms with Crippen LogP contribution in [0.1, 0.15) is 10.4 Å². The van der Waals surface area contributed by atoms with Crippen LogP contribution >= 0.6 is 38.9 Å². The topological polar surface area (TPSA) is 12.9 Å². The van der Waals surface area contributed by atoms with Crippen LogP contribution in [0.25, 0.3) is 0 Å². The third-order valence-corrected chi connectivity index (χ3v) is 4.67. The molecule has 0 aliphatic heterocycles. The predicted octanol–water partition coefficient (Wildman–Crippen LogP) is 4.55. The molecule has 0 saturated carbocycles. The van der Waals surface area contributed by atoms with Crippen LogP contribution in [0, 0.1) is 5.92 Å². The quantitative estimate of drug-likeness (QED) is 0.733. The molecule has 4 heteroatoms. The van der Waals surface area contributed by atoms with Crippen molar-refractivity contribution in [2.45, 2.75) is 12.8 Å². The van der Waals surface area contributed by atoms with Gasteiger partial charge in [0.1, 0.15) is 0 Å². The van der Waals surface area contributed by atoms with Gasteiger partial charge in [0.25, 0.3) is 0 Å². The van der Waals surface area contributed by atoms with Crippen molar-refractivity contribution in [2.75, 3.05) is 5.88 Å². The second-order valence-corrected chi connectivity index (χ2v) is 6.12. The Balaban J connectivity index is 2.03. The summed E-state index contributed by atoms with van der Waals surface area (Å²) in [4.78, 5) is 5.41. The number of hydrogen-bond donors (Lipinski definition) is 0. The normalized spacial score (nSPS) is 12.6. The second kappa shape index (κ2) is 6.53. The van der Waals surface area contributed by atoms with E-state index in [-0.39, 0.29) is 0 Å². The number of nitrogens with zero attached hydrogens (tertiary/aromatic N) is 1. The highest BCUT2D eigenvalue weighted by Gasteiger charge is 2.12. The van der Waals surface area contributed by atoms with Crippen LogP contribution in [-0.2, 0) is 12.8 Å². The Labute approximate surface area is 119 Å². The molecule has 90 valence electrons. The Bertz CT molecular complexity index is 458. The lowest BCUT2D eigenvalue weighted by atomic mass is 9.97. The molecular weight excluding hydrogens is 318 g/mol. The fourth-order valence-corrected chi connectivity index (χ4v) is 3.16. The highest BCUT2D eigenvalue weighted by atomic mass is 79.9. The van der Waals surface area contributed by atoms with Gasteiger partial charge in [-0.05, 0) is 30.4 Å². The van der Waals surface area contributed by atoms with Crippen molar-refractivity contribution in [1.29, 1.82) is 0 Å². The number of alkyl halides is 1. The van der Waals surface area contributed by atoms with Crippen LogP contribution in [-0.4, -0.2) is 10.9 Å². The third kappa shape index (κ3) is 3.80. The molecule has 1 aromatic carbocycles. The van der Waals surface area contributed by atoms with Gasteiger partial charge in [-0.15, -0.1) is 22.9 Å². The number of thiazole rings is 1. The van der Waals surface area contributed by atoms with Gasteiger partial charge in [0.2, 0.25) is 0 Å². The third-order valence-electron chi connectivity index (χ3n) is 2.66. The molecule has 0 spiro atoms. The van der Waals surface area contributed by atoms with Crippen LogP contribution in [0.4, 0.5) is 0 Å². The molecule has 0 aliphatic carbocycles. The van der Waals surface area contributed by atoms with Crippen LogP contribution in [0.3, 0.4) is 0 Å². The maximum atomic E-state index is 6.06. The van der Waals surface area contributed by atoms with Crippen molar-refractivity contribution in [1.82, 2.24) is 4.98 Å². The lowest BCUT2D eigenvalue weighted by Gasteiger charge is -2.13. The van der Waals surface area contributed by atoms with E-state index in [4.69, 9.17) is 11.6 Å². The van der Waals surface area contributed by atoms with Crippen molar-refractivity contribution in [2.24, 2.45) is 5.92 Å². The zero-order valence-corrected chi connectivity index (χ0v) is 12.4. The number of aromatic nitrogens is 1. The van der Waals surface area contributed by atoms with Crippen molar-refractivity contribution in [3.63, 3.8) is 0 Å². The van der Waals surface area contributed by atoms with Gasteiger partial charge < -0.3 is 0 Å². The molecule has 17 heavy (non-hydrogen) atoms. The highest BCUT2D eigenvalue weighted by molar-refractivity contribution is 9.10. The molecule has 0 bridgehead atoms. The Morgan fingerprint density at radius 3 is 2.76 bits per heavy atom. The van der Waals surface area contributed by atoms with E-state index < -0.39 is 0 Å². The van der Waals surface area contributed by atoms with Gasteiger partial charge in [-0.3, -0.25) is 4.98 Å². The molecule has 1 aromatic heterocycles. The minimum atomic E-state index is 0.468. The maximum absolute atomic E-state index is 6.06. The smallest absolute Gasteiger partial charge is 0.0794 e. The second-order valence-electron chi connectivity index (χ2n) is 3.99. The van der Waals surface area contributed by atoms with Gasteiger partial charge in [-0.1, -0.05) is 34.1 Å². The van der Waals surface area contributed by atoms with E-state index in [0.717, 1.165) is 12.8 Å². The first-order valence-corrected chi connectivity index (χ1v) is 7.67. The van der Waals surface area contributed by atoms with E-state index in [9.17, 15) is 0 Å². The first kappa shape index (κ1) is 13.1. The molecule has 1 nitrogen and oxygen atoms in total. The summed E-state index contributed by atoms with van der Waals surface area (Å²) in [7, 11) is 0. The Morgan fingerprint density at radius 2 is 2.12 bits per heavy atom. The summed E-state index contributed by atoms with van der Waals surface area (Å²) in [5.41, 5.74) is 3.20.